The van der Waals surface area contributed by atoms with Crippen LogP contribution in [-0.2, 0) is 0 Å². The van der Waals surface area contributed by atoms with Gasteiger partial charge in [-0.2, -0.15) is 0 Å². The number of pyridine rings is 1. The number of aryl methyl sites for hydroxylation is 1. The molecule has 0 aliphatic heterocycles. The summed E-state index contributed by atoms with van der Waals surface area (Å²) in [6.07, 6.45) is 6.18. The molecule has 1 aromatic heterocycles. The summed E-state index contributed by atoms with van der Waals surface area (Å²) in [4.78, 5) is 4.73. The molecule has 2 nitrogen and oxygen atoms in total. The predicted molar refractivity (Wildman–Crippen MR) is 81.5 cm³/mol. The first-order chi connectivity index (χ1) is 9.19. The highest BCUT2D eigenvalue weighted by Crippen LogP contribution is 2.25. The Morgan fingerprint density at radius 3 is 2.63 bits per heavy atom. The van der Waals surface area contributed by atoms with Crippen LogP contribution in [0.2, 0.25) is 0 Å². The number of nitrogens with zero attached hydrogens (tertiary/aromatic N) is 1. The molecule has 1 aromatic carbocycles. The van der Waals surface area contributed by atoms with Gasteiger partial charge in [-0.15, -0.1) is 0 Å². The molecule has 0 saturated carbocycles. The fraction of sp³-hybridized carbons (Fsp3) is 0.235. The number of hydrogen-bond acceptors (Lipinski definition) is 2. The Labute approximate surface area is 114 Å². The molecule has 2 aromatic rings. The lowest BCUT2D eigenvalue weighted by atomic mass is 10.0. The summed E-state index contributed by atoms with van der Waals surface area (Å²) in [6.45, 7) is 6.16. The highest BCUT2D eigenvalue weighted by molar-refractivity contribution is 5.86. The van der Waals surface area contributed by atoms with Crippen LogP contribution in [0.4, 0.5) is 0 Å². The van der Waals surface area contributed by atoms with E-state index in [-0.39, 0.29) is 0 Å². The van der Waals surface area contributed by atoms with Gasteiger partial charge in [-0.3, -0.25) is 0 Å². The lowest BCUT2D eigenvalue weighted by Crippen LogP contribution is -1.92. The molecule has 0 bridgehead atoms. The van der Waals surface area contributed by atoms with Crippen LogP contribution in [0.3, 0.4) is 0 Å². The molecule has 0 amide bonds. The molecule has 2 heteroatoms. The molecular formula is C17H19NO. The van der Waals surface area contributed by atoms with Gasteiger partial charge in [0, 0.05) is 11.5 Å². The first-order valence-corrected chi connectivity index (χ1v) is 6.44. The molecular weight excluding hydrogens is 234 g/mol. The summed E-state index contributed by atoms with van der Waals surface area (Å²) in [7, 11) is 1.68. The van der Waals surface area contributed by atoms with E-state index in [1.54, 1.807) is 7.11 Å². The van der Waals surface area contributed by atoms with Crippen molar-refractivity contribution < 1.29 is 4.74 Å². The third-order valence-electron chi connectivity index (χ3n) is 3.18. The lowest BCUT2D eigenvalue weighted by molar-refractivity contribution is 0.415. The Balaban J connectivity index is 2.65. The van der Waals surface area contributed by atoms with E-state index < -0.39 is 0 Å². The van der Waals surface area contributed by atoms with Gasteiger partial charge >= 0.3 is 0 Å². The van der Waals surface area contributed by atoms with Crippen molar-refractivity contribution >= 4 is 16.5 Å². The molecule has 0 unspecified atom stereocenters. The zero-order chi connectivity index (χ0) is 13.8. The van der Waals surface area contributed by atoms with Crippen molar-refractivity contribution in [3.05, 3.63) is 53.8 Å². The van der Waals surface area contributed by atoms with Crippen LogP contribution in [0.5, 0.6) is 5.75 Å². The molecule has 0 atom stereocenters. The molecule has 0 radical (unpaired) electrons. The number of allylic oxidation sites excluding steroid dienone is 4. The first kappa shape index (κ1) is 13.3. The SMILES string of the molecule is CC=CC(=CC)c1cc(C)c2ccc(OC)cc2n1. The number of benzene rings is 1. The largest absolute Gasteiger partial charge is 0.497 e. The van der Waals surface area contributed by atoms with Crippen LogP contribution in [0.25, 0.3) is 16.5 Å². The minimum absolute atomic E-state index is 0.838. The summed E-state index contributed by atoms with van der Waals surface area (Å²) in [5.41, 5.74) is 4.33. The zero-order valence-corrected chi connectivity index (χ0v) is 11.9. The van der Waals surface area contributed by atoms with E-state index in [0.29, 0.717) is 0 Å². The first-order valence-electron chi connectivity index (χ1n) is 6.44. The van der Waals surface area contributed by atoms with E-state index in [4.69, 9.17) is 9.72 Å². The monoisotopic (exact) mass is 253 g/mol. The number of aromatic nitrogens is 1. The standard InChI is InChI=1S/C17H19NO/c1-5-7-13(6-2)16-10-12(3)15-9-8-14(19-4)11-17(15)18-16/h5-11H,1-4H3. The Kier molecular flexibility index (Phi) is 4.00. The van der Waals surface area contributed by atoms with Gasteiger partial charge in [-0.1, -0.05) is 18.2 Å². The van der Waals surface area contributed by atoms with E-state index in [9.17, 15) is 0 Å². The molecule has 98 valence electrons. The molecule has 1 heterocycles. The van der Waals surface area contributed by atoms with Gasteiger partial charge in [0.1, 0.15) is 5.75 Å². The van der Waals surface area contributed by atoms with Crippen molar-refractivity contribution in [2.75, 3.05) is 7.11 Å². The summed E-state index contributed by atoms with van der Waals surface area (Å²) < 4.78 is 5.27. The lowest BCUT2D eigenvalue weighted by Gasteiger charge is -2.08. The van der Waals surface area contributed by atoms with E-state index in [0.717, 1.165) is 22.5 Å². The van der Waals surface area contributed by atoms with Gasteiger partial charge in [-0.25, -0.2) is 4.98 Å². The number of fused-ring (bicyclic) bond motifs is 1. The highest BCUT2D eigenvalue weighted by Gasteiger charge is 2.06. The second-order valence-electron chi connectivity index (χ2n) is 4.45. The minimum Gasteiger partial charge on any atom is -0.497 e. The summed E-state index contributed by atoms with van der Waals surface area (Å²) in [5, 5.41) is 1.17. The van der Waals surface area contributed by atoms with Gasteiger partial charge in [0.15, 0.2) is 0 Å². The molecule has 0 fully saturated rings. The van der Waals surface area contributed by atoms with Crippen molar-refractivity contribution in [2.24, 2.45) is 0 Å². The maximum Gasteiger partial charge on any atom is 0.121 e. The number of rotatable bonds is 3. The number of ether oxygens (including phenoxy) is 1. The maximum atomic E-state index is 5.27. The van der Waals surface area contributed by atoms with Crippen LogP contribution in [0.1, 0.15) is 25.1 Å². The second kappa shape index (κ2) is 5.70. The van der Waals surface area contributed by atoms with E-state index in [2.05, 4.69) is 31.2 Å². The van der Waals surface area contributed by atoms with Crippen LogP contribution in [-0.4, -0.2) is 12.1 Å². The smallest absolute Gasteiger partial charge is 0.121 e. The predicted octanol–water partition coefficient (Wildman–Crippen LogP) is 4.53. The minimum atomic E-state index is 0.838. The Bertz CT molecular complexity index is 654. The van der Waals surface area contributed by atoms with Crippen molar-refractivity contribution in [1.29, 1.82) is 0 Å². The zero-order valence-electron chi connectivity index (χ0n) is 11.9. The summed E-state index contributed by atoms with van der Waals surface area (Å²) in [5.74, 6) is 0.838. The van der Waals surface area contributed by atoms with Crippen LogP contribution < -0.4 is 4.74 Å². The highest BCUT2D eigenvalue weighted by atomic mass is 16.5. The number of hydrogen-bond donors (Lipinski definition) is 0. The van der Waals surface area contributed by atoms with E-state index >= 15 is 0 Å². The molecule has 19 heavy (non-hydrogen) atoms. The Morgan fingerprint density at radius 1 is 1.21 bits per heavy atom. The quantitative estimate of drug-likeness (QED) is 0.750. The number of methoxy groups -OCH3 is 1. The molecule has 0 aliphatic carbocycles. The van der Waals surface area contributed by atoms with Gasteiger partial charge in [0.2, 0.25) is 0 Å². The fourth-order valence-electron chi connectivity index (χ4n) is 2.17. The van der Waals surface area contributed by atoms with E-state index in [1.165, 1.54) is 10.9 Å². The average Bonchev–Trinajstić information content (AvgIpc) is 2.43. The normalized spacial score (nSPS) is 12.3. The van der Waals surface area contributed by atoms with Crippen LogP contribution >= 0.6 is 0 Å². The molecule has 0 saturated heterocycles. The second-order valence-corrected chi connectivity index (χ2v) is 4.45. The van der Waals surface area contributed by atoms with Crippen molar-refractivity contribution in [3.63, 3.8) is 0 Å². The summed E-state index contributed by atoms with van der Waals surface area (Å²) >= 11 is 0. The van der Waals surface area contributed by atoms with Gasteiger partial charge in [0.05, 0.1) is 18.3 Å². The Hall–Kier alpha value is -2.09. The fourth-order valence-corrected chi connectivity index (χ4v) is 2.17. The average molecular weight is 253 g/mol. The van der Waals surface area contributed by atoms with Crippen molar-refractivity contribution in [2.45, 2.75) is 20.8 Å². The molecule has 0 aliphatic rings. The Morgan fingerprint density at radius 2 is 2.00 bits per heavy atom. The molecule has 0 N–H and O–H groups in total. The van der Waals surface area contributed by atoms with Gasteiger partial charge < -0.3 is 4.74 Å². The van der Waals surface area contributed by atoms with Gasteiger partial charge in [0.25, 0.3) is 0 Å². The van der Waals surface area contributed by atoms with Crippen LogP contribution in [0.15, 0.2) is 42.5 Å². The van der Waals surface area contributed by atoms with Crippen LogP contribution in [0, 0.1) is 6.92 Å². The summed E-state index contributed by atoms with van der Waals surface area (Å²) in [6, 6.07) is 8.14. The molecule has 2 rings (SSSR count). The van der Waals surface area contributed by atoms with Crippen molar-refractivity contribution in [3.8, 4) is 5.75 Å². The van der Waals surface area contributed by atoms with E-state index in [1.807, 2.05) is 32.1 Å². The van der Waals surface area contributed by atoms with Gasteiger partial charge in [-0.05, 0) is 50.1 Å². The third-order valence-corrected chi connectivity index (χ3v) is 3.18. The molecule has 0 spiro atoms. The third kappa shape index (κ3) is 2.68. The maximum absolute atomic E-state index is 5.27. The van der Waals surface area contributed by atoms with Crippen molar-refractivity contribution in [1.82, 2.24) is 4.98 Å². The topological polar surface area (TPSA) is 22.1 Å².